The summed E-state index contributed by atoms with van der Waals surface area (Å²) < 4.78 is 8.10. The van der Waals surface area contributed by atoms with Crippen molar-refractivity contribution in [3.8, 4) is 11.5 Å². The quantitative estimate of drug-likeness (QED) is 0.235. The zero-order valence-electron chi connectivity index (χ0n) is 22.2. The SMILES string of the molecule is CCc1ccc(Nc2nc3cc(Oc4ccnc(C(=O)NCCCC5CCCCN5)c4)ccc3n2C)cc1. The van der Waals surface area contributed by atoms with Gasteiger partial charge in [0.15, 0.2) is 0 Å². The number of nitrogens with one attached hydrogen (secondary N) is 3. The molecule has 0 radical (unpaired) electrons. The summed E-state index contributed by atoms with van der Waals surface area (Å²) in [7, 11) is 1.98. The van der Waals surface area contributed by atoms with Crippen molar-refractivity contribution in [3.63, 3.8) is 0 Å². The Morgan fingerprint density at radius 2 is 1.95 bits per heavy atom. The molecule has 1 aliphatic heterocycles. The third-order valence-corrected chi connectivity index (χ3v) is 7.10. The lowest BCUT2D eigenvalue weighted by Crippen LogP contribution is -2.35. The topological polar surface area (TPSA) is 93.1 Å². The van der Waals surface area contributed by atoms with Crippen LogP contribution in [0.3, 0.4) is 0 Å². The Kier molecular flexibility index (Phi) is 8.19. The molecule has 3 N–H and O–H groups in total. The van der Waals surface area contributed by atoms with Gasteiger partial charge in [-0.15, -0.1) is 0 Å². The summed E-state index contributed by atoms with van der Waals surface area (Å²) in [6, 6.07) is 18.2. The summed E-state index contributed by atoms with van der Waals surface area (Å²) in [6.45, 7) is 3.89. The molecule has 198 valence electrons. The van der Waals surface area contributed by atoms with Crippen LogP contribution in [0.25, 0.3) is 11.0 Å². The number of fused-ring (bicyclic) bond motifs is 1. The Bertz CT molecular complexity index is 1380. The Morgan fingerprint density at radius 3 is 2.74 bits per heavy atom. The fourth-order valence-corrected chi connectivity index (χ4v) is 4.85. The van der Waals surface area contributed by atoms with Gasteiger partial charge in [-0.1, -0.05) is 25.5 Å². The van der Waals surface area contributed by atoms with Crippen LogP contribution in [0.4, 0.5) is 11.6 Å². The summed E-state index contributed by atoms with van der Waals surface area (Å²) in [5.41, 5.74) is 4.44. The maximum absolute atomic E-state index is 12.6. The minimum Gasteiger partial charge on any atom is -0.457 e. The van der Waals surface area contributed by atoms with E-state index in [9.17, 15) is 4.79 Å². The van der Waals surface area contributed by atoms with Crippen molar-refractivity contribution in [3.05, 3.63) is 72.1 Å². The zero-order chi connectivity index (χ0) is 26.3. The number of carbonyl (C=O) groups is 1. The van der Waals surface area contributed by atoms with Crippen LogP contribution in [-0.4, -0.2) is 39.6 Å². The van der Waals surface area contributed by atoms with Crippen LogP contribution in [-0.2, 0) is 13.5 Å². The first-order valence-corrected chi connectivity index (χ1v) is 13.6. The van der Waals surface area contributed by atoms with E-state index >= 15 is 0 Å². The van der Waals surface area contributed by atoms with Gasteiger partial charge in [-0.3, -0.25) is 9.78 Å². The number of carbonyl (C=O) groups excluding carboxylic acids is 1. The summed E-state index contributed by atoms with van der Waals surface area (Å²) in [5.74, 6) is 1.77. The maximum Gasteiger partial charge on any atom is 0.270 e. The lowest BCUT2D eigenvalue weighted by Gasteiger charge is -2.23. The van der Waals surface area contributed by atoms with Crippen molar-refractivity contribution < 1.29 is 9.53 Å². The molecular formula is C30H36N6O2. The van der Waals surface area contributed by atoms with Gasteiger partial charge in [0.05, 0.1) is 11.0 Å². The molecule has 0 saturated carbocycles. The lowest BCUT2D eigenvalue weighted by atomic mass is 10.0. The van der Waals surface area contributed by atoms with Crippen molar-refractivity contribution in [2.45, 2.75) is 51.5 Å². The second-order valence-corrected chi connectivity index (χ2v) is 9.84. The molecule has 8 nitrogen and oxygen atoms in total. The number of rotatable bonds is 10. The number of amides is 1. The molecular weight excluding hydrogens is 476 g/mol. The second kappa shape index (κ2) is 12.1. The highest BCUT2D eigenvalue weighted by molar-refractivity contribution is 5.92. The molecule has 38 heavy (non-hydrogen) atoms. The van der Waals surface area contributed by atoms with Crippen molar-refractivity contribution in [2.75, 3.05) is 18.4 Å². The van der Waals surface area contributed by atoms with E-state index in [4.69, 9.17) is 9.72 Å². The number of piperidine rings is 1. The molecule has 3 heterocycles. The second-order valence-electron chi connectivity index (χ2n) is 9.84. The van der Waals surface area contributed by atoms with Crippen molar-refractivity contribution in [1.29, 1.82) is 0 Å². The van der Waals surface area contributed by atoms with Gasteiger partial charge in [-0.25, -0.2) is 4.98 Å². The van der Waals surface area contributed by atoms with Crippen LogP contribution >= 0.6 is 0 Å². The van der Waals surface area contributed by atoms with E-state index in [1.807, 2.05) is 29.8 Å². The zero-order valence-corrected chi connectivity index (χ0v) is 22.2. The first kappa shape index (κ1) is 25.7. The smallest absolute Gasteiger partial charge is 0.270 e. The number of aromatic nitrogens is 3. The summed E-state index contributed by atoms with van der Waals surface area (Å²) in [6.07, 6.45) is 8.42. The fraction of sp³-hybridized carbons (Fsp3) is 0.367. The first-order chi connectivity index (χ1) is 18.6. The summed E-state index contributed by atoms with van der Waals surface area (Å²) in [4.78, 5) is 21.6. The number of aryl methyl sites for hydroxylation is 2. The molecule has 0 spiro atoms. The van der Waals surface area contributed by atoms with Gasteiger partial charge in [0.25, 0.3) is 5.91 Å². The molecule has 1 amide bonds. The first-order valence-electron chi connectivity index (χ1n) is 13.6. The van der Waals surface area contributed by atoms with Crippen LogP contribution in [0.5, 0.6) is 11.5 Å². The number of ether oxygens (including phenoxy) is 1. The van der Waals surface area contributed by atoms with Crippen LogP contribution in [0.2, 0.25) is 0 Å². The molecule has 2 aromatic carbocycles. The van der Waals surface area contributed by atoms with Crippen molar-refractivity contribution in [2.24, 2.45) is 7.05 Å². The summed E-state index contributed by atoms with van der Waals surface area (Å²) >= 11 is 0. The molecule has 1 atom stereocenters. The van der Waals surface area contributed by atoms with E-state index in [2.05, 4.69) is 52.1 Å². The molecule has 0 bridgehead atoms. The van der Waals surface area contributed by atoms with Gasteiger partial charge in [0.1, 0.15) is 17.2 Å². The van der Waals surface area contributed by atoms with Crippen LogP contribution in [0.1, 0.15) is 55.1 Å². The van der Waals surface area contributed by atoms with Crippen molar-refractivity contribution >= 4 is 28.6 Å². The molecule has 2 aromatic heterocycles. The molecule has 0 aliphatic carbocycles. The Balaban J connectivity index is 1.20. The largest absolute Gasteiger partial charge is 0.457 e. The van der Waals surface area contributed by atoms with Crippen molar-refractivity contribution in [1.82, 2.24) is 25.2 Å². The Hall–Kier alpha value is -3.91. The molecule has 1 fully saturated rings. The number of pyridine rings is 1. The normalized spacial score (nSPS) is 15.4. The van der Waals surface area contributed by atoms with E-state index < -0.39 is 0 Å². The minimum absolute atomic E-state index is 0.185. The van der Waals surface area contributed by atoms with Crippen LogP contribution in [0.15, 0.2) is 60.8 Å². The highest BCUT2D eigenvalue weighted by Crippen LogP contribution is 2.28. The van der Waals surface area contributed by atoms with Gasteiger partial charge in [0, 0.05) is 43.7 Å². The molecule has 5 rings (SSSR count). The molecule has 1 saturated heterocycles. The van der Waals surface area contributed by atoms with Gasteiger partial charge in [-0.2, -0.15) is 0 Å². The number of anilines is 2. The van der Waals surface area contributed by atoms with E-state index in [1.165, 1.54) is 24.8 Å². The maximum atomic E-state index is 12.6. The van der Waals surface area contributed by atoms with Gasteiger partial charge in [0.2, 0.25) is 5.95 Å². The van der Waals surface area contributed by atoms with Gasteiger partial charge < -0.3 is 25.3 Å². The monoisotopic (exact) mass is 512 g/mol. The number of imidazole rings is 1. The predicted molar refractivity (Wildman–Crippen MR) is 151 cm³/mol. The standard InChI is InChI=1S/C30H36N6O2/c1-3-21-9-11-23(12-10-21)34-30-35-26-19-24(13-14-28(26)36(30)2)38-25-15-18-32-27(20-25)29(37)33-17-6-8-22-7-4-5-16-31-22/h9-15,18-20,22,31H,3-8,16-17H2,1-2H3,(H,33,37)(H,34,35). The highest BCUT2D eigenvalue weighted by Gasteiger charge is 2.14. The number of benzene rings is 2. The van der Waals surface area contributed by atoms with E-state index in [0.29, 0.717) is 29.8 Å². The number of hydrogen-bond donors (Lipinski definition) is 3. The average molecular weight is 513 g/mol. The van der Waals surface area contributed by atoms with Gasteiger partial charge in [-0.05, 0) is 74.5 Å². The summed E-state index contributed by atoms with van der Waals surface area (Å²) in [5, 5.41) is 9.93. The fourth-order valence-electron chi connectivity index (χ4n) is 4.85. The third-order valence-electron chi connectivity index (χ3n) is 7.10. The number of nitrogens with zero attached hydrogens (tertiary/aromatic N) is 3. The van der Waals surface area contributed by atoms with Crippen LogP contribution < -0.4 is 20.7 Å². The predicted octanol–water partition coefficient (Wildman–Crippen LogP) is 5.72. The highest BCUT2D eigenvalue weighted by atomic mass is 16.5. The number of hydrogen-bond acceptors (Lipinski definition) is 6. The van der Waals surface area contributed by atoms with E-state index in [1.54, 1.807) is 18.3 Å². The Labute approximate surface area is 223 Å². The molecule has 1 aliphatic rings. The molecule has 8 heteroatoms. The third kappa shape index (κ3) is 6.31. The molecule has 4 aromatic rings. The van der Waals surface area contributed by atoms with E-state index in [0.717, 1.165) is 48.5 Å². The van der Waals surface area contributed by atoms with E-state index in [-0.39, 0.29) is 5.91 Å². The van der Waals surface area contributed by atoms with Gasteiger partial charge >= 0.3 is 0 Å². The Morgan fingerprint density at radius 1 is 1.11 bits per heavy atom. The molecule has 1 unspecified atom stereocenters. The average Bonchev–Trinajstić information content (AvgIpc) is 3.26. The lowest BCUT2D eigenvalue weighted by molar-refractivity contribution is 0.0947. The van der Waals surface area contributed by atoms with Crippen LogP contribution in [0, 0.1) is 0 Å². The minimum atomic E-state index is -0.185.